The van der Waals surface area contributed by atoms with Crippen LogP contribution in [0.2, 0.25) is 0 Å². The minimum Gasteiger partial charge on any atom is -0.335 e. The first kappa shape index (κ1) is 22.5. The molecule has 1 fully saturated rings. The third-order valence-electron chi connectivity index (χ3n) is 6.33. The number of rotatable bonds is 5. The maximum absolute atomic E-state index is 12.8. The molecule has 1 aliphatic rings. The lowest BCUT2D eigenvalue weighted by Crippen LogP contribution is -2.55. The van der Waals surface area contributed by atoms with Crippen LogP contribution in [0.4, 0.5) is 18.9 Å². The number of carbonyl (C=O) groups excluding carboxylic acids is 1. The number of anilines is 1. The Morgan fingerprint density at radius 2 is 1.82 bits per heavy atom. The molecular weight excluding hydrogens is 393 g/mol. The standard InChI is InChI=1S/C19H27F3N2O3S/c1-12(2)18(5)10-17(25)24(14(4)13(18)3)11-15-8-6-7-9-16(15)23-28(26,27)19(20,21)22/h6-9,12-14,23H,10-11H2,1-5H3/t13?,14?,18-/m0/s1. The number of carbonyl (C=O) groups is 1. The maximum Gasteiger partial charge on any atom is 0.516 e. The number of piperidine rings is 1. The maximum atomic E-state index is 12.8. The second kappa shape index (κ2) is 7.57. The molecule has 0 saturated carbocycles. The van der Waals surface area contributed by atoms with Crippen molar-refractivity contribution >= 4 is 21.6 Å². The molecule has 2 unspecified atom stereocenters. The average molecular weight is 420 g/mol. The number of nitrogens with one attached hydrogen (secondary N) is 1. The summed E-state index contributed by atoms with van der Waals surface area (Å²) in [5.41, 5.74) is -5.45. The van der Waals surface area contributed by atoms with E-state index >= 15 is 0 Å². The zero-order valence-electron chi connectivity index (χ0n) is 16.7. The smallest absolute Gasteiger partial charge is 0.335 e. The van der Waals surface area contributed by atoms with Crippen LogP contribution in [0, 0.1) is 17.3 Å². The molecular formula is C19H27F3N2O3S. The SMILES string of the molecule is CC1C(C)[C@](C)(C(C)C)CC(=O)N1Cc1ccccc1NS(=O)(=O)C(F)(F)F. The highest BCUT2D eigenvalue weighted by Crippen LogP contribution is 2.46. The molecule has 9 heteroatoms. The summed E-state index contributed by atoms with van der Waals surface area (Å²) in [6.07, 6.45) is 0.340. The third-order valence-corrected chi connectivity index (χ3v) is 7.43. The van der Waals surface area contributed by atoms with Crippen molar-refractivity contribution in [1.29, 1.82) is 0 Å². The van der Waals surface area contributed by atoms with Crippen molar-refractivity contribution in [2.45, 2.75) is 59.1 Å². The van der Waals surface area contributed by atoms with Crippen LogP contribution in [-0.2, 0) is 21.4 Å². The first-order chi connectivity index (χ1) is 12.7. The Balaban J connectivity index is 2.31. The normalized spacial score (nSPS) is 26.6. The minimum absolute atomic E-state index is 0.0368. The Morgan fingerprint density at radius 1 is 1.25 bits per heavy atom. The molecule has 1 N–H and O–H groups in total. The number of likely N-dealkylation sites (tertiary alicyclic amines) is 1. The molecule has 5 nitrogen and oxygen atoms in total. The number of hydrogen-bond acceptors (Lipinski definition) is 3. The van der Waals surface area contributed by atoms with E-state index < -0.39 is 15.5 Å². The molecule has 158 valence electrons. The summed E-state index contributed by atoms with van der Waals surface area (Å²) < 4.78 is 62.8. The van der Waals surface area contributed by atoms with Crippen molar-refractivity contribution in [2.75, 3.05) is 4.72 Å². The van der Waals surface area contributed by atoms with Gasteiger partial charge in [0, 0.05) is 19.0 Å². The van der Waals surface area contributed by atoms with Gasteiger partial charge < -0.3 is 4.90 Å². The first-order valence-electron chi connectivity index (χ1n) is 9.17. The molecule has 0 bridgehead atoms. The van der Waals surface area contributed by atoms with Gasteiger partial charge in [-0.05, 0) is 35.8 Å². The van der Waals surface area contributed by atoms with Gasteiger partial charge in [0.05, 0.1) is 5.69 Å². The summed E-state index contributed by atoms with van der Waals surface area (Å²) in [5.74, 6) is 0.376. The van der Waals surface area contributed by atoms with E-state index in [9.17, 15) is 26.4 Å². The largest absolute Gasteiger partial charge is 0.516 e. The predicted molar refractivity (Wildman–Crippen MR) is 102 cm³/mol. The van der Waals surface area contributed by atoms with E-state index in [0.717, 1.165) is 0 Å². The van der Waals surface area contributed by atoms with Crippen molar-refractivity contribution in [1.82, 2.24) is 4.90 Å². The number of halogens is 3. The highest BCUT2D eigenvalue weighted by Gasteiger charge is 2.48. The van der Waals surface area contributed by atoms with Gasteiger partial charge in [-0.1, -0.05) is 45.9 Å². The van der Waals surface area contributed by atoms with Gasteiger partial charge >= 0.3 is 15.5 Å². The van der Waals surface area contributed by atoms with Crippen LogP contribution in [0.1, 0.15) is 46.6 Å². The summed E-state index contributed by atoms with van der Waals surface area (Å²) in [6, 6.07) is 5.69. The molecule has 3 atom stereocenters. The molecule has 0 radical (unpaired) electrons. The lowest BCUT2D eigenvalue weighted by Gasteiger charge is -2.51. The second-order valence-corrected chi connectivity index (χ2v) is 9.77. The molecule has 0 spiro atoms. The molecule has 2 rings (SSSR count). The molecule has 0 aliphatic carbocycles. The lowest BCUT2D eigenvalue weighted by molar-refractivity contribution is -0.149. The number of benzene rings is 1. The number of alkyl halides is 3. The van der Waals surface area contributed by atoms with Crippen molar-refractivity contribution in [3.05, 3.63) is 29.8 Å². The van der Waals surface area contributed by atoms with Crippen molar-refractivity contribution in [2.24, 2.45) is 17.3 Å². The van der Waals surface area contributed by atoms with Crippen LogP contribution < -0.4 is 4.72 Å². The molecule has 1 aromatic carbocycles. The summed E-state index contributed by atoms with van der Waals surface area (Å²) in [6.45, 7) is 10.3. The van der Waals surface area contributed by atoms with E-state index in [1.54, 1.807) is 15.7 Å². The Kier molecular flexibility index (Phi) is 6.09. The number of para-hydroxylation sites is 1. The summed E-state index contributed by atoms with van der Waals surface area (Å²) in [5, 5.41) is 0. The Hall–Kier alpha value is -1.77. The molecule has 1 aliphatic heterocycles. The first-order valence-corrected chi connectivity index (χ1v) is 10.7. The highest BCUT2D eigenvalue weighted by molar-refractivity contribution is 7.93. The zero-order chi connectivity index (χ0) is 21.5. The van der Waals surface area contributed by atoms with E-state index in [4.69, 9.17) is 0 Å². The number of hydrogen-bond donors (Lipinski definition) is 1. The van der Waals surface area contributed by atoms with Crippen LogP contribution >= 0.6 is 0 Å². The van der Waals surface area contributed by atoms with E-state index in [-0.39, 0.29) is 35.5 Å². The van der Waals surface area contributed by atoms with Gasteiger partial charge in [0.1, 0.15) is 0 Å². The third kappa shape index (κ3) is 4.14. The van der Waals surface area contributed by atoms with Crippen molar-refractivity contribution in [3.63, 3.8) is 0 Å². The topological polar surface area (TPSA) is 66.5 Å². The van der Waals surface area contributed by atoms with E-state index in [0.29, 0.717) is 17.9 Å². The van der Waals surface area contributed by atoms with E-state index in [1.165, 1.54) is 18.2 Å². The Labute approximate surface area is 164 Å². The summed E-state index contributed by atoms with van der Waals surface area (Å²) in [7, 11) is -5.54. The monoisotopic (exact) mass is 420 g/mol. The van der Waals surface area contributed by atoms with Crippen LogP contribution in [0.15, 0.2) is 24.3 Å². The summed E-state index contributed by atoms with van der Waals surface area (Å²) in [4.78, 5) is 14.5. The van der Waals surface area contributed by atoms with Gasteiger partial charge in [-0.2, -0.15) is 21.6 Å². The lowest BCUT2D eigenvalue weighted by atomic mass is 9.63. The second-order valence-electron chi connectivity index (χ2n) is 8.10. The zero-order valence-corrected chi connectivity index (χ0v) is 17.5. The summed E-state index contributed by atoms with van der Waals surface area (Å²) >= 11 is 0. The fraction of sp³-hybridized carbons (Fsp3) is 0.632. The molecule has 1 heterocycles. The van der Waals surface area contributed by atoms with Gasteiger partial charge in [-0.15, -0.1) is 0 Å². The van der Waals surface area contributed by atoms with Gasteiger partial charge in [0.25, 0.3) is 0 Å². The number of amides is 1. The molecule has 1 aromatic rings. The molecule has 1 saturated heterocycles. The van der Waals surface area contributed by atoms with E-state index in [1.807, 2.05) is 6.92 Å². The van der Waals surface area contributed by atoms with Gasteiger partial charge in [-0.3, -0.25) is 9.52 Å². The van der Waals surface area contributed by atoms with Crippen molar-refractivity contribution < 1.29 is 26.4 Å². The predicted octanol–water partition coefficient (Wildman–Crippen LogP) is 4.37. The van der Waals surface area contributed by atoms with Gasteiger partial charge in [0.2, 0.25) is 5.91 Å². The number of sulfonamides is 1. The van der Waals surface area contributed by atoms with Crippen LogP contribution in [0.3, 0.4) is 0 Å². The quantitative estimate of drug-likeness (QED) is 0.769. The van der Waals surface area contributed by atoms with Gasteiger partial charge in [-0.25, -0.2) is 0 Å². The Morgan fingerprint density at radius 3 is 2.36 bits per heavy atom. The molecule has 1 amide bonds. The van der Waals surface area contributed by atoms with Crippen LogP contribution in [0.5, 0.6) is 0 Å². The molecule has 28 heavy (non-hydrogen) atoms. The van der Waals surface area contributed by atoms with Crippen LogP contribution in [0.25, 0.3) is 0 Å². The van der Waals surface area contributed by atoms with E-state index in [2.05, 4.69) is 27.7 Å². The highest BCUT2D eigenvalue weighted by atomic mass is 32.2. The van der Waals surface area contributed by atoms with Crippen LogP contribution in [-0.4, -0.2) is 30.8 Å². The fourth-order valence-electron chi connectivity index (χ4n) is 3.74. The van der Waals surface area contributed by atoms with Crippen molar-refractivity contribution in [3.8, 4) is 0 Å². The number of nitrogens with zero attached hydrogens (tertiary/aromatic N) is 1. The molecule has 0 aromatic heterocycles. The average Bonchev–Trinajstić information content (AvgIpc) is 2.56. The Bertz CT molecular complexity index is 839. The minimum atomic E-state index is -5.54. The fourth-order valence-corrected chi connectivity index (χ4v) is 4.35. The van der Waals surface area contributed by atoms with Gasteiger partial charge in [0.15, 0.2) is 0 Å².